The van der Waals surface area contributed by atoms with Gasteiger partial charge in [0.05, 0.1) is 28.0 Å². The van der Waals surface area contributed by atoms with Crippen LogP contribution in [0, 0.1) is 0 Å². The number of rotatable bonds is 13. The summed E-state index contributed by atoms with van der Waals surface area (Å²) in [5.41, 5.74) is 2.19. The van der Waals surface area contributed by atoms with Gasteiger partial charge in [0.25, 0.3) is 11.8 Å². The summed E-state index contributed by atoms with van der Waals surface area (Å²) >= 11 is 13.8. The maximum Gasteiger partial charge on any atom is 0.338 e. The van der Waals surface area contributed by atoms with Crippen LogP contribution in [0.2, 0.25) is 10.0 Å². The zero-order valence-corrected chi connectivity index (χ0v) is 27.2. The number of hydrogen-bond donors (Lipinski definition) is 3. The highest BCUT2D eigenvalue weighted by molar-refractivity contribution is 8.00. The lowest BCUT2D eigenvalue weighted by Gasteiger charge is -2.13. The van der Waals surface area contributed by atoms with Gasteiger partial charge in [0, 0.05) is 21.8 Å². The first-order valence-electron chi connectivity index (χ1n) is 14.4. The summed E-state index contributed by atoms with van der Waals surface area (Å²) in [6.07, 6.45) is 3.19. The Bertz CT molecular complexity index is 1730. The van der Waals surface area contributed by atoms with Crippen molar-refractivity contribution in [2.45, 2.75) is 24.7 Å². The topological polar surface area (TPSA) is 114 Å². The van der Waals surface area contributed by atoms with Crippen LogP contribution in [0.25, 0.3) is 6.08 Å². The number of benzene rings is 4. The van der Waals surface area contributed by atoms with Gasteiger partial charge >= 0.3 is 5.97 Å². The van der Waals surface area contributed by atoms with E-state index in [1.54, 1.807) is 91.0 Å². The van der Waals surface area contributed by atoms with Crippen molar-refractivity contribution in [3.8, 4) is 0 Å². The number of nitrogens with one attached hydrogen (secondary N) is 3. The SMILES string of the molecule is CCCCOC(=O)c1ccc(NC(=O)CSc2cccc(NC(=O)/C(=C\c3cccc(Cl)c3Cl)NC(=O)c3ccccc3)c2)cc1. The molecule has 3 amide bonds. The molecule has 0 fully saturated rings. The summed E-state index contributed by atoms with van der Waals surface area (Å²) in [5.74, 6) is -1.60. The Morgan fingerprint density at radius 3 is 2.28 bits per heavy atom. The minimum Gasteiger partial charge on any atom is -0.462 e. The molecule has 11 heteroatoms. The molecule has 3 N–H and O–H groups in total. The van der Waals surface area contributed by atoms with Crippen LogP contribution in [0.4, 0.5) is 11.4 Å². The maximum atomic E-state index is 13.4. The van der Waals surface area contributed by atoms with Gasteiger partial charge in [-0.2, -0.15) is 0 Å². The van der Waals surface area contributed by atoms with Gasteiger partial charge in [-0.1, -0.05) is 72.9 Å². The maximum absolute atomic E-state index is 13.4. The highest BCUT2D eigenvalue weighted by Crippen LogP contribution is 2.28. The average molecular weight is 677 g/mol. The molecule has 0 spiro atoms. The lowest BCUT2D eigenvalue weighted by molar-refractivity contribution is -0.114. The fourth-order valence-corrected chi connectivity index (χ4v) is 5.14. The molecular weight excluding hydrogens is 645 g/mol. The zero-order chi connectivity index (χ0) is 32.9. The fourth-order valence-electron chi connectivity index (χ4n) is 4.02. The molecule has 0 heterocycles. The molecule has 4 aromatic rings. The number of esters is 1. The molecule has 0 unspecified atom stereocenters. The molecule has 0 aliphatic carbocycles. The molecule has 0 atom stereocenters. The number of halogens is 2. The van der Waals surface area contributed by atoms with E-state index in [4.69, 9.17) is 27.9 Å². The summed E-state index contributed by atoms with van der Waals surface area (Å²) in [6.45, 7) is 2.39. The number of thioether (sulfide) groups is 1. The summed E-state index contributed by atoms with van der Waals surface area (Å²) in [6, 6.07) is 27.0. The predicted octanol–water partition coefficient (Wildman–Crippen LogP) is 8.09. The van der Waals surface area contributed by atoms with Crippen LogP contribution < -0.4 is 16.0 Å². The minimum absolute atomic E-state index is 0.0457. The van der Waals surface area contributed by atoms with Crippen molar-refractivity contribution in [3.63, 3.8) is 0 Å². The Morgan fingerprint density at radius 2 is 1.54 bits per heavy atom. The van der Waals surface area contributed by atoms with Crippen LogP contribution in [-0.2, 0) is 14.3 Å². The Morgan fingerprint density at radius 1 is 0.804 bits per heavy atom. The van der Waals surface area contributed by atoms with Gasteiger partial charge in [-0.3, -0.25) is 14.4 Å². The van der Waals surface area contributed by atoms with Crippen LogP contribution in [0.15, 0.2) is 108 Å². The van der Waals surface area contributed by atoms with Crippen molar-refractivity contribution < 1.29 is 23.9 Å². The average Bonchev–Trinajstić information content (AvgIpc) is 3.06. The Labute approximate surface area is 281 Å². The zero-order valence-electron chi connectivity index (χ0n) is 24.8. The molecular formula is C35H31Cl2N3O5S. The fraction of sp³-hybridized carbons (Fsp3) is 0.143. The van der Waals surface area contributed by atoms with Crippen molar-refractivity contribution >= 4 is 76.1 Å². The van der Waals surface area contributed by atoms with E-state index >= 15 is 0 Å². The van der Waals surface area contributed by atoms with Gasteiger partial charge in [-0.05, 0) is 78.7 Å². The third-order valence-electron chi connectivity index (χ3n) is 6.41. The quantitative estimate of drug-likeness (QED) is 0.0571. The van der Waals surface area contributed by atoms with E-state index in [9.17, 15) is 19.2 Å². The molecule has 0 aliphatic heterocycles. The highest BCUT2D eigenvalue weighted by atomic mass is 35.5. The standard InChI is InChI=1S/C35H31Cl2N3O5S/c1-2-3-19-45-35(44)24-15-17-26(18-16-24)38-31(41)22-46-28-13-8-12-27(21-28)39-34(43)30(20-25-11-7-14-29(36)32(25)37)40-33(42)23-9-5-4-6-10-23/h4-18,20-21H,2-3,19,22H2,1H3,(H,38,41)(H,39,43)(H,40,42)/b30-20+. The van der Waals surface area contributed by atoms with Gasteiger partial charge in [0.2, 0.25) is 5.91 Å². The second-order valence-corrected chi connectivity index (χ2v) is 11.7. The number of unbranched alkanes of at least 4 members (excludes halogenated alkanes) is 1. The number of amides is 3. The molecule has 46 heavy (non-hydrogen) atoms. The molecule has 4 aromatic carbocycles. The predicted molar refractivity (Wildman–Crippen MR) is 184 cm³/mol. The van der Waals surface area contributed by atoms with Gasteiger partial charge in [0.15, 0.2) is 0 Å². The van der Waals surface area contributed by atoms with Crippen molar-refractivity contribution in [3.05, 3.63) is 129 Å². The van der Waals surface area contributed by atoms with Crippen molar-refractivity contribution in [1.29, 1.82) is 0 Å². The third-order valence-corrected chi connectivity index (χ3v) is 8.23. The molecule has 0 radical (unpaired) electrons. The van der Waals surface area contributed by atoms with Crippen molar-refractivity contribution in [2.75, 3.05) is 23.0 Å². The van der Waals surface area contributed by atoms with Gasteiger partial charge in [-0.25, -0.2) is 4.79 Å². The number of carbonyl (C=O) groups is 4. The Kier molecular flexibility index (Phi) is 12.8. The van der Waals surface area contributed by atoms with Gasteiger partial charge in [-0.15, -0.1) is 11.8 Å². The lowest BCUT2D eigenvalue weighted by atomic mass is 10.1. The van der Waals surface area contributed by atoms with Crippen LogP contribution in [0.1, 0.15) is 46.0 Å². The second-order valence-electron chi connectivity index (χ2n) is 9.91. The first-order valence-corrected chi connectivity index (χ1v) is 16.1. The smallest absolute Gasteiger partial charge is 0.338 e. The molecule has 0 bridgehead atoms. The first-order chi connectivity index (χ1) is 22.2. The van der Waals surface area contributed by atoms with E-state index < -0.39 is 17.8 Å². The van der Waals surface area contributed by atoms with Crippen molar-refractivity contribution in [2.24, 2.45) is 0 Å². The van der Waals surface area contributed by atoms with Gasteiger partial charge in [0.1, 0.15) is 5.70 Å². The molecule has 0 aromatic heterocycles. The number of ether oxygens (including phenoxy) is 1. The molecule has 0 saturated carbocycles. The van der Waals surface area contributed by atoms with E-state index in [2.05, 4.69) is 16.0 Å². The van der Waals surface area contributed by atoms with E-state index in [1.165, 1.54) is 17.8 Å². The van der Waals surface area contributed by atoms with Crippen LogP contribution in [0.3, 0.4) is 0 Å². The summed E-state index contributed by atoms with van der Waals surface area (Å²) < 4.78 is 5.21. The van der Waals surface area contributed by atoms with Crippen molar-refractivity contribution in [1.82, 2.24) is 5.32 Å². The molecule has 4 rings (SSSR count). The van der Waals surface area contributed by atoms with Gasteiger partial charge < -0.3 is 20.7 Å². The summed E-state index contributed by atoms with van der Waals surface area (Å²) in [7, 11) is 0. The summed E-state index contributed by atoms with van der Waals surface area (Å²) in [5, 5.41) is 8.82. The van der Waals surface area contributed by atoms with Crippen LogP contribution >= 0.6 is 35.0 Å². The highest BCUT2D eigenvalue weighted by Gasteiger charge is 2.17. The second kappa shape index (κ2) is 17.2. The minimum atomic E-state index is -0.585. The monoisotopic (exact) mass is 675 g/mol. The first kappa shape index (κ1) is 34.3. The molecule has 236 valence electrons. The molecule has 0 aliphatic rings. The summed E-state index contributed by atoms with van der Waals surface area (Å²) in [4.78, 5) is 51.8. The van der Waals surface area contributed by atoms with E-state index in [0.29, 0.717) is 39.7 Å². The molecule has 8 nitrogen and oxygen atoms in total. The number of anilines is 2. The molecule has 0 saturated heterocycles. The van der Waals surface area contributed by atoms with Crippen LogP contribution in [0.5, 0.6) is 0 Å². The Hall–Kier alpha value is -4.57. The largest absolute Gasteiger partial charge is 0.462 e. The normalized spacial score (nSPS) is 11.0. The lowest BCUT2D eigenvalue weighted by Crippen LogP contribution is -2.30. The third kappa shape index (κ3) is 10.2. The Balaban J connectivity index is 1.39. The van der Waals surface area contributed by atoms with Crippen LogP contribution in [-0.4, -0.2) is 36.1 Å². The number of hydrogen-bond acceptors (Lipinski definition) is 6. The van der Waals surface area contributed by atoms with E-state index in [-0.39, 0.29) is 22.4 Å². The van der Waals surface area contributed by atoms with E-state index in [1.807, 2.05) is 13.0 Å². The van der Waals surface area contributed by atoms with E-state index in [0.717, 1.165) is 17.7 Å². The number of carbonyl (C=O) groups excluding carboxylic acids is 4.